The van der Waals surface area contributed by atoms with E-state index < -0.39 is 97.6 Å². The number of aliphatic hydroxyl groups excluding tert-OH is 1. The summed E-state index contributed by atoms with van der Waals surface area (Å²) in [4.78, 5) is 0. The van der Waals surface area contributed by atoms with Gasteiger partial charge in [0, 0.05) is 6.42 Å². The van der Waals surface area contributed by atoms with Crippen LogP contribution in [0.15, 0.2) is 0 Å². The van der Waals surface area contributed by atoms with Crippen LogP contribution in [0.3, 0.4) is 0 Å². The Kier molecular flexibility index (Phi) is 10.4. The van der Waals surface area contributed by atoms with Crippen molar-refractivity contribution in [3.05, 3.63) is 0 Å². The van der Waals surface area contributed by atoms with Crippen LogP contribution >= 0.6 is 0 Å². The molecule has 0 spiro atoms. The first-order valence-electron chi connectivity index (χ1n) is 9.72. The summed E-state index contributed by atoms with van der Waals surface area (Å²) in [5.41, 5.74) is 0. The molecule has 0 atom stereocenters. The molecule has 0 radical (unpaired) electrons. The van der Waals surface area contributed by atoms with Crippen LogP contribution < -0.4 is 0 Å². The molecule has 0 unspecified atom stereocenters. The van der Waals surface area contributed by atoms with Crippen molar-refractivity contribution in [1.82, 2.24) is 0 Å². The first-order chi connectivity index (χ1) is 18.3. The predicted octanol–water partition coefficient (Wildman–Crippen LogP) is 7.94. The van der Waals surface area contributed by atoms with E-state index in [0.29, 0.717) is 0 Å². The Morgan fingerprint density at radius 3 is 0.791 bits per heavy atom. The fourth-order valence-corrected chi connectivity index (χ4v) is 2.51. The predicted molar refractivity (Wildman–Crippen MR) is 83.0 cm³/mol. The van der Waals surface area contributed by atoms with E-state index in [4.69, 9.17) is 5.11 Å². The molecule has 0 rings (SSSR count). The lowest BCUT2D eigenvalue weighted by atomic mass is 9.84. The monoisotopic (exact) mass is 708 g/mol. The molecule has 0 aliphatic heterocycles. The van der Waals surface area contributed by atoms with Crippen LogP contribution in [0.2, 0.25) is 0 Å². The maximum Gasteiger partial charge on any atom is 0.460 e. The van der Waals surface area contributed by atoms with Gasteiger partial charge in [-0.15, -0.1) is 0 Å². The van der Waals surface area contributed by atoms with Gasteiger partial charge in [-0.2, -0.15) is 110 Å². The highest BCUT2D eigenvalue weighted by Gasteiger charge is 2.99. The second-order valence-corrected chi connectivity index (χ2v) is 8.03. The minimum Gasteiger partial charge on any atom is -0.394 e. The van der Waals surface area contributed by atoms with E-state index in [1.165, 1.54) is 0 Å². The van der Waals surface area contributed by atoms with E-state index in [2.05, 4.69) is 4.74 Å². The average molecular weight is 708 g/mol. The van der Waals surface area contributed by atoms with Gasteiger partial charge in [0.1, 0.15) is 0 Å². The molecule has 0 aliphatic carbocycles. The van der Waals surface area contributed by atoms with Crippen LogP contribution in [0.4, 0.5) is 110 Å². The molecule has 0 saturated carbocycles. The van der Waals surface area contributed by atoms with Gasteiger partial charge in [0.2, 0.25) is 0 Å². The molecule has 0 saturated heterocycles. The Morgan fingerprint density at radius 2 is 0.558 bits per heavy atom. The van der Waals surface area contributed by atoms with E-state index in [-0.39, 0.29) is 0 Å². The van der Waals surface area contributed by atoms with Gasteiger partial charge in [-0.25, -0.2) is 0 Å². The van der Waals surface area contributed by atoms with Gasteiger partial charge in [-0.05, 0) is 0 Å². The normalized spacial score (nSPS) is 16.6. The molecular formula is C16H9F25O2. The Bertz CT molecular complexity index is 963. The number of rotatable bonds is 15. The third-order valence-electron chi connectivity index (χ3n) is 5.16. The molecule has 1 N–H and O–H groups in total. The van der Waals surface area contributed by atoms with Crippen molar-refractivity contribution in [3.63, 3.8) is 0 Å². The lowest BCUT2D eigenvalue weighted by Gasteiger charge is -2.45. The first-order valence-corrected chi connectivity index (χ1v) is 9.72. The maximum atomic E-state index is 13.7. The first kappa shape index (κ1) is 41.2. The van der Waals surface area contributed by atoms with E-state index >= 15 is 0 Å². The number of alkyl halides is 25. The highest BCUT2D eigenvalue weighted by molar-refractivity contribution is 5.19. The minimum absolute atomic E-state index is 1.10. The molecular weight excluding hydrogens is 699 g/mol. The summed E-state index contributed by atoms with van der Waals surface area (Å²) >= 11 is 0. The number of halogens is 25. The summed E-state index contributed by atoms with van der Waals surface area (Å²) in [6.45, 7) is -4.21. The van der Waals surface area contributed by atoms with E-state index in [1.807, 2.05) is 0 Å². The summed E-state index contributed by atoms with van der Waals surface area (Å²) in [6, 6.07) is 0. The maximum absolute atomic E-state index is 13.7. The molecule has 43 heavy (non-hydrogen) atoms. The van der Waals surface area contributed by atoms with E-state index in [9.17, 15) is 110 Å². The van der Waals surface area contributed by atoms with Crippen molar-refractivity contribution in [2.24, 2.45) is 0 Å². The Morgan fingerprint density at radius 1 is 0.326 bits per heavy atom. The Labute approximate surface area is 218 Å². The minimum atomic E-state index is -9.60. The molecule has 27 heteroatoms. The molecule has 0 aromatic heterocycles. The largest absolute Gasteiger partial charge is 0.460 e. The number of ether oxygens (including phenoxy) is 1. The van der Waals surface area contributed by atoms with Gasteiger partial charge >= 0.3 is 71.3 Å². The van der Waals surface area contributed by atoms with Crippen LogP contribution in [-0.4, -0.2) is 96.3 Å². The Balaban J connectivity index is 7.13. The lowest BCUT2D eigenvalue weighted by Crippen LogP contribution is -2.78. The zero-order valence-electron chi connectivity index (χ0n) is 19.1. The van der Waals surface area contributed by atoms with Gasteiger partial charge in [0.15, 0.2) is 0 Å². The van der Waals surface area contributed by atoms with Crippen LogP contribution in [0, 0.1) is 0 Å². The molecule has 2 nitrogen and oxygen atoms in total. The number of aliphatic hydroxyl groups is 1. The second kappa shape index (κ2) is 10.9. The number of hydrogen-bond donors (Lipinski definition) is 1. The summed E-state index contributed by atoms with van der Waals surface area (Å²) in [5, 5.41) is 8.23. The molecule has 0 aliphatic rings. The smallest absolute Gasteiger partial charge is 0.394 e. The fourth-order valence-electron chi connectivity index (χ4n) is 2.51. The molecule has 0 heterocycles. The zero-order valence-corrected chi connectivity index (χ0v) is 19.1. The third kappa shape index (κ3) is 5.39. The SMILES string of the molecule is OCCOCCC(F)(F)C(F)(F)C(F)(F)C(F)(F)C(F)(F)C(F)(F)C(F)(F)C(F)(F)C(F)(F)C(F)(F)C(F)(F)C(F)(F)F. The van der Waals surface area contributed by atoms with E-state index in [1.54, 1.807) is 0 Å². The van der Waals surface area contributed by atoms with Crippen LogP contribution in [0.25, 0.3) is 0 Å². The van der Waals surface area contributed by atoms with Crippen LogP contribution in [-0.2, 0) is 4.74 Å². The van der Waals surface area contributed by atoms with Crippen molar-refractivity contribution in [2.45, 2.75) is 77.7 Å². The fraction of sp³-hybridized carbons (Fsp3) is 1.00. The summed E-state index contributed by atoms with van der Waals surface area (Å²) in [5.74, 6) is -98.4. The topological polar surface area (TPSA) is 29.5 Å². The van der Waals surface area contributed by atoms with Crippen molar-refractivity contribution in [3.8, 4) is 0 Å². The highest BCUT2D eigenvalue weighted by Crippen LogP contribution is 2.67. The van der Waals surface area contributed by atoms with E-state index in [0.717, 1.165) is 0 Å². The summed E-state index contributed by atoms with van der Waals surface area (Å²) < 4.78 is 336. The van der Waals surface area contributed by atoms with Gasteiger partial charge < -0.3 is 9.84 Å². The molecule has 0 aromatic rings. The Hall–Kier alpha value is -1.83. The average Bonchev–Trinajstić information content (AvgIpc) is 2.79. The molecule has 260 valence electrons. The standard InChI is InChI=1S/C16H9F25O2/c17-5(18,1-3-43-4-2-42)6(19,20)7(21,22)8(23,24)9(25,26)10(27,28)11(29,30)12(31,32)13(33,34)14(35,36)15(37,38)16(39,40)41/h42H,1-4H2. The van der Waals surface area contributed by atoms with Gasteiger partial charge in [-0.3, -0.25) is 0 Å². The van der Waals surface area contributed by atoms with Crippen molar-refractivity contribution in [1.29, 1.82) is 0 Å². The van der Waals surface area contributed by atoms with Gasteiger partial charge in [0.05, 0.1) is 19.8 Å². The quantitative estimate of drug-likeness (QED) is 0.138. The summed E-state index contributed by atoms with van der Waals surface area (Å²) in [7, 11) is 0. The highest BCUT2D eigenvalue weighted by atomic mass is 19.4. The van der Waals surface area contributed by atoms with Gasteiger partial charge in [-0.1, -0.05) is 0 Å². The molecule has 0 aromatic carbocycles. The third-order valence-corrected chi connectivity index (χ3v) is 5.16. The van der Waals surface area contributed by atoms with Crippen molar-refractivity contribution >= 4 is 0 Å². The summed E-state index contributed by atoms with van der Waals surface area (Å²) in [6.07, 6.45) is -11.1. The van der Waals surface area contributed by atoms with Crippen LogP contribution in [0.5, 0.6) is 0 Å². The lowest BCUT2D eigenvalue weighted by molar-refractivity contribution is -0.482. The molecule has 0 bridgehead atoms. The second-order valence-electron chi connectivity index (χ2n) is 8.03. The molecule has 0 amide bonds. The molecule has 0 fully saturated rings. The number of hydrogen-bond acceptors (Lipinski definition) is 2. The van der Waals surface area contributed by atoms with Gasteiger partial charge in [0.25, 0.3) is 0 Å². The van der Waals surface area contributed by atoms with Crippen molar-refractivity contribution < 1.29 is 120 Å². The van der Waals surface area contributed by atoms with Crippen molar-refractivity contribution in [2.75, 3.05) is 19.8 Å². The van der Waals surface area contributed by atoms with Crippen LogP contribution in [0.1, 0.15) is 6.42 Å². The zero-order chi connectivity index (χ0) is 35.5.